The maximum absolute atomic E-state index is 14.2. The summed E-state index contributed by atoms with van der Waals surface area (Å²) in [6.07, 6.45) is 0.382. The SMILES string of the molecule is CCC(C)C(NC(=O)OCc1c(F)cccc1F)C(=O)N[C@]1(C(=O)N[C@H](C(N)=O)[C@@H](C)CC)CCc2[nH]c3c(Cl)cc(Cl)cc3c2C1. The van der Waals surface area contributed by atoms with Gasteiger partial charge in [-0.3, -0.25) is 14.4 Å². The summed E-state index contributed by atoms with van der Waals surface area (Å²) in [6.45, 7) is 6.47. The Morgan fingerprint density at radius 2 is 1.66 bits per heavy atom. The Hall–Kier alpha value is -3.90. The van der Waals surface area contributed by atoms with Gasteiger partial charge in [0.1, 0.15) is 35.9 Å². The van der Waals surface area contributed by atoms with Crippen molar-refractivity contribution in [3.63, 3.8) is 0 Å². The number of nitrogens with one attached hydrogen (secondary N) is 4. The van der Waals surface area contributed by atoms with Gasteiger partial charge in [-0.25, -0.2) is 13.6 Å². The highest BCUT2D eigenvalue weighted by Gasteiger charge is 2.47. The fraction of sp³-hybridized carbons (Fsp3) is 0.455. The molecule has 2 unspecified atom stereocenters. The molecular weight excluding hydrogens is 655 g/mol. The molecule has 1 heterocycles. The minimum Gasteiger partial charge on any atom is -0.444 e. The average molecular weight is 695 g/mol. The van der Waals surface area contributed by atoms with E-state index in [9.17, 15) is 28.0 Å². The van der Waals surface area contributed by atoms with Crippen molar-refractivity contribution in [3.8, 4) is 0 Å². The van der Waals surface area contributed by atoms with E-state index in [0.29, 0.717) is 45.8 Å². The van der Waals surface area contributed by atoms with Crippen LogP contribution < -0.4 is 21.7 Å². The standard InChI is InChI=1S/C33H39Cl2F2N5O5/c1-5-16(3)26(29(38)43)40-31(45)33(11-10-25-20(14-33)19-12-18(34)13-22(35)28(19)39-25)42-30(44)27(17(4)6-2)41-32(46)47-15-21-23(36)8-7-9-24(21)37/h7-9,12-13,16-17,26-27,39H,5-6,10-11,14-15H2,1-4H3,(H2,38,43)(H,40,45)(H,41,46)(H,42,44)/t16-,17?,26-,27?,33+/m0/s1. The minimum absolute atomic E-state index is 0.00674. The van der Waals surface area contributed by atoms with Crippen LogP contribution in [0.15, 0.2) is 30.3 Å². The molecular formula is C33H39Cl2F2N5O5. The zero-order chi connectivity index (χ0) is 34.6. The molecule has 47 heavy (non-hydrogen) atoms. The van der Waals surface area contributed by atoms with Crippen LogP contribution >= 0.6 is 23.2 Å². The summed E-state index contributed by atoms with van der Waals surface area (Å²) in [7, 11) is 0. The lowest BCUT2D eigenvalue weighted by Gasteiger charge is -2.39. The summed E-state index contributed by atoms with van der Waals surface area (Å²) in [4.78, 5) is 56.8. The van der Waals surface area contributed by atoms with E-state index < -0.39 is 71.2 Å². The number of carbonyl (C=O) groups excluding carboxylic acids is 4. The van der Waals surface area contributed by atoms with Gasteiger partial charge in [0.05, 0.1) is 16.1 Å². The predicted octanol–water partition coefficient (Wildman–Crippen LogP) is 5.45. The Morgan fingerprint density at radius 1 is 1.02 bits per heavy atom. The number of aryl methyl sites for hydroxylation is 1. The van der Waals surface area contributed by atoms with Crippen LogP contribution in [0.25, 0.3) is 10.9 Å². The second kappa shape index (κ2) is 14.9. The van der Waals surface area contributed by atoms with E-state index in [0.717, 1.165) is 17.8 Å². The van der Waals surface area contributed by atoms with Crippen molar-refractivity contribution >= 4 is 57.9 Å². The first-order valence-corrected chi connectivity index (χ1v) is 16.2. The lowest BCUT2D eigenvalue weighted by molar-refractivity contribution is -0.137. The molecule has 0 saturated heterocycles. The Bertz CT molecular complexity index is 1660. The first-order chi connectivity index (χ1) is 22.2. The fourth-order valence-electron chi connectivity index (χ4n) is 5.83. The van der Waals surface area contributed by atoms with Gasteiger partial charge in [-0.05, 0) is 54.5 Å². The number of alkyl carbamates (subject to hydrolysis) is 1. The molecule has 3 aromatic rings. The number of halogens is 4. The van der Waals surface area contributed by atoms with Crippen molar-refractivity contribution in [2.75, 3.05) is 0 Å². The summed E-state index contributed by atoms with van der Waals surface area (Å²) in [5.41, 5.74) is 5.81. The molecule has 14 heteroatoms. The average Bonchev–Trinajstić information content (AvgIpc) is 3.38. The number of aromatic nitrogens is 1. The van der Waals surface area contributed by atoms with Crippen LogP contribution in [0.4, 0.5) is 13.6 Å². The highest BCUT2D eigenvalue weighted by atomic mass is 35.5. The maximum atomic E-state index is 14.2. The van der Waals surface area contributed by atoms with Crippen molar-refractivity contribution in [1.29, 1.82) is 0 Å². The smallest absolute Gasteiger partial charge is 0.408 e. The second-order valence-corrected chi connectivity index (χ2v) is 13.0. The van der Waals surface area contributed by atoms with Gasteiger partial charge in [-0.15, -0.1) is 0 Å². The topological polar surface area (TPSA) is 155 Å². The van der Waals surface area contributed by atoms with Gasteiger partial charge >= 0.3 is 6.09 Å². The number of nitrogens with two attached hydrogens (primary N) is 1. The summed E-state index contributed by atoms with van der Waals surface area (Å²) in [5.74, 6) is -4.54. The molecule has 0 bridgehead atoms. The number of rotatable bonds is 12. The number of fused-ring (bicyclic) bond motifs is 3. The lowest BCUT2D eigenvalue weighted by Crippen LogP contribution is -2.67. The van der Waals surface area contributed by atoms with Crippen molar-refractivity contribution in [2.24, 2.45) is 17.6 Å². The Balaban J connectivity index is 1.66. The van der Waals surface area contributed by atoms with E-state index in [4.69, 9.17) is 33.7 Å². The van der Waals surface area contributed by atoms with Gasteiger partial charge in [0.25, 0.3) is 0 Å². The number of H-pyrrole nitrogens is 1. The highest BCUT2D eigenvalue weighted by molar-refractivity contribution is 6.38. The molecule has 10 nitrogen and oxygen atoms in total. The molecule has 4 rings (SSSR count). The molecule has 4 amide bonds. The molecule has 6 N–H and O–H groups in total. The predicted molar refractivity (Wildman–Crippen MR) is 175 cm³/mol. The highest BCUT2D eigenvalue weighted by Crippen LogP contribution is 2.38. The van der Waals surface area contributed by atoms with E-state index in [1.165, 1.54) is 6.07 Å². The van der Waals surface area contributed by atoms with Crippen LogP contribution in [0.2, 0.25) is 10.0 Å². The van der Waals surface area contributed by atoms with Crippen molar-refractivity contribution < 1.29 is 32.7 Å². The minimum atomic E-state index is -1.58. The second-order valence-electron chi connectivity index (χ2n) is 12.2. The van der Waals surface area contributed by atoms with Gasteiger partial charge in [0.15, 0.2) is 0 Å². The number of hydrogen-bond acceptors (Lipinski definition) is 5. The molecule has 0 fully saturated rings. The number of hydrogen-bond donors (Lipinski definition) is 5. The van der Waals surface area contributed by atoms with Gasteiger partial charge < -0.3 is 31.4 Å². The van der Waals surface area contributed by atoms with Crippen LogP contribution in [-0.2, 0) is 38.6 Å². The normalized spacial score (nSPS) is 18.4. The van der Waals surface area contributed by atoms with E-state index in [1.807, 2.05) is 13.8 Å². The molecule has 0 spiro atoms. The third-order valence-corrected chi connectivity index (χ3v) is 9.60. The molecule has 1 aliphatic carbocycles. The van der Waals surface area contributed by atoms with Crippen molar-refractivity contribution in [3.05, 3.63) is 68.8 Å². The number of benzene rings is 2. The number of ether oxygens (including phenoxy) is 1. The lowest BCUT2D eigenvalue weighted by atomic mass is 9.78. The first kappa shape index (κ1) is 35.9. The third-order valence-electron chi connectivity index (χ3n) is 9.08. The van der Waals surface area contributed by atoms with Gasteiger partial charge in [0, 0.05) is 22.5 Å². The van der Waals surface area contributed by atoms with E-state index in [1.54, 1.807) is 26.0 Å². The van der Waals surface area contributed by atoms with Crippen LogP contribution in [-0.4, -0.2) is 46.4 Å². The Labute approximate surface area is 281 Å². The van der Waals surface area contributed by atoms with Crippen LogP contribution in [0.3, 0.4) is 0 Å². The number of primary amides is 1. The molecule has 2 aromatic carbocycles. The van der Waals surface area contributed by atoms with E-state index >= 15 is 0 Å². The van der Waals surface area contributed by atoms with Gasteiger partial charge in [-0.1, -0.05) is 69.8 Å². The number of carbonyl (C=O) groups is 4. The van der Waals surface area contributed by atoms with Gasteiger partial charge in [0.2, 0.25) is 17.7 Å². The van der Waals surface area contributed by atoms with E-state index in [2.05, 4.69) is 20.9 Å². The zero-order valence-electron chi connectivity index (χ0n) is 26.6. The zero-order valence-corrected chi connectivity index (χ0v) is 28.1. The molecule has 0 radical (unpaired) electrons. The van der Waals surface area contributed by atoms with Gasteiger partial charge in [-0.2, -0.15) is 0 Å². The van der Waals surface area contributed by atoms with E-state index in [-0.39, 0.29) is 18.8 Å². The number of amides is 4. The Kier molecular flexibility index (Phi) is 11.4. The number of aromatic amines is 1. The fourth-order valence-corrected chi connectivity index (χ4v) is 6.37. The molecule has 1 aromatic heterocycles. The maximum Gasteiger partial charge on any atom is 0.408 e. The molecule has 0 saturated carbocycles. The Morgan fingerprint density at radius 3 is 2.28 bits per heavy atom. The molecule has 0 aliphatic heterocycles. The monoisotopic (exact) mass is 693 g/mol. The van der Waals surface area contributed by atoms with Crippen molar-refractivity contribution in [2.45, 2.75) is 84.0 Å². The third kappa shape index (κ3) is 7.81. The molecule has 254 valence electrons. The molecule has 5 atom stereocenters. The van der Waals surface area contributed by atoms with Crippen LogP contribution in [0.1, 0.15) is 63.8 Å². The summed E-state index contributed by atoms with van der Waals surface area (Å²) in [6, 6.07) is 4.37. The van der Waals surface area contributed by atoms with Crippen LogP contribution in [0, 0.1) is 23.5 Å². The quantitative estimate of drug-likeness (QED) is 0.171. The molecule has 1 aliphatic rings. The first-order valence-electron chi connectivity index (χ1n) is 15.5. The summed E-state index contributed by atoms with van der Waals surface area (Å²) >= 11 is 12.8. The summed E-state index contributed by atoms with van der Waals surface area (Å²) in [5, 5.41) is 9.63. The largest absolute Gasteiger partial charge is 0.444 e. The summed E-state index contributed by atoms with van der Waals surface area (Å²) < 4.78 is 33.3. The van der Waals surface area contributed by atoms with Crippen molar-refractivity contribution in [1.82, 2.24) is 20.9 Å². The van der Waals surface area contributed by atoms with Crippen LogP contribution in [0.5, 0.6) is 0 Å².